The highest BCUT2D eigenvalue weighted by Gasteiger charge is 2.27. The van der Waals surface area contributed by atoms with Crippen LogP contribution in [0.3, 0.4) is 0 Å². The summed E-state index contributed by atoms with van der Waals surface area (Å²) in [4.78, 5) is 38.2. The van der Waals surface area contributed by atoms with E-state index in [9.17, 15) is 14.4 Å². The molecule has 0 bridgehead atoms. The van der Waals surface area contributed by atoms with Crippen molar-refractivity contribution >= 4 is 28.7 Å². The molecule has 0 fully saturated rings. The van der Waals surface area contributed by atoms with Gasteiger partial charge in [-0.05, 0) is 32.8 Å². The van der Waals surface area contributed by atoms with Gasteiger partial charge in [-0.1, -0.05) is 18.2 Å². The third-order valence-corrected chi connectivity index (χ3v) is 4.51. The molecule has 0 aliphatic carbocycles. The number of hydrogen-bond acceptors (Lipinski definition) is 5. The van der Waals surface area contributed by atoms with E-state index < -0.39 is 17.4 Å². The lowest BCUT2D eigenvalue weighted by Gasteiger charge is -2.29. The molecular formula is C20H24N2O5. The molecule has 0 radical (unpaired) electrons. The van der Waals surface area contributed by atoms with Crippen molar-refractivity contribution < 1.29 is 23.9 Å². The van der Waals surface area contributed by atoms with E-state index in [-0.39, 0.29) is 6.09 Å². The molecule has 2 aromatic rings. The fourth-order valence-electron chi connectivity index (χ4n) is 3.30. The quantitative estimate of drug-likeness (QED) is 0.460. The van der Waals surface area contributed by atoms with Crippen molar-refractivity contribution in [2.24, 2.45) is 0 Å². The van der Waals surface area contributed by atoms with E-state index in [0.717, 1.165) is 16.5 Å². The predicted molar refractivity (Wildman–Crippen MR) is 99.8 cm³/mol. The molecule has 1 aliphatic rings. The maximum atomic E-state index is 12.5. The van der Waals surface area contributed by atoms with Gasteiger partial charge in [-0.25, -0.2) is 9.59 Å². The standard InChI is InChI=1S/C20H24N2O5/c1-20(2,3)27-19(25)21-9-8-13-6-5-7-14-15(17(23)18(24)26-4)12-22(11-10-21)16(13)14/h5-7,12H,8-11H2,1-4H3. The van der Waals surface area contributed by atoms with Crippen LogP contribution >= 0.6 is 0 Å². The van der Waals surface area contributed by atoms with Crippen LogP contribution in [-0.2, 0) is 27.2 Å². The lowest BCUT2D eigenvalue weighted by atomic mass is 10.0. The summed E-state index contributed by atoms with van der Waals surface area (Å²) in [6, 6.07) is 5.66. The zero-order valence-corrected chi connectivity index (χ0v) is 16.1. The summed E-state index contributed by atoms with van der Waals surface area (Å²) >= 11 is 0. The molecule has 2 heterocycles. The second-order valence-electron chi connectivity index (χ2n) is 7.59. The first-order valence-electron chi connectivity index (χ1n) is 8.92. The predicted octanol–water partition coefficient (Wildman–Crippen LogP) is 2.79. The van der Waals surface area contributed by atoms with Crippen molar-refractivity contribution in [2.75, 3.05) is 20.2 Å². The largest absolute Gasteiger partial charge is 0.463 e. The van der Waals surface area contributed by atoms with Gasteiger partial charge in [0.25, 0.3) is 5.78 Å². The lowest BCUT2D eigenvalue weighted by Crippen LogP contribution is -2.40. The third kappa shape index (κ3) is 3.82. The lowest BCUT2D eigenvalue weighted by molar-refractivity contribution is -0.135. The maximum Gasteiger partial charge on any atom is 0.410 e. The Labute approximate surface area is 157 Å². The number of benzene rings is 1. The monoisotopic (exact) mass is 372 g/mol. The van der Waals surface area contributed by atoms with Gasteiger partial charge in [-0.2, -0.15) is 0 Å². The van der Waals surface area contributed by atoms with Crippen LogP contribution in [0.2, 0.25) is 0 Å². The number of aromatic nitrogens is 1. The zero-order chi connectivity index (χ0) is 19.8. The van der Waals surface area contributed by atoms with Crippen molar-refractivity contribution in [3.8, 4) is 0 Å². The van der Waals surface area contributed by atoms with E-state index in [1.54, 1.807) is 11.1 Å². The van der Waals surface area contributed by atoms with E-state index in [4.69, 9.17) is 4.74 Å². The molecule has 1 amide bonds. The summed E-state index contributed by atoms with van der Waals surface area (Å²) in [6.07, 6.45) is 1.95. The van der Waals surface area contributed by atoms with Gasteiger partial charge in [0.1, 0.15) is 5.60 Å². The third-order valence-electron chi connectivity index (χ3n) is 4.51. The first-order valence-corrected chi connectivity index (χ1v) is 8.92. The molecular weight excluding hydrogens is 348 g/mol. The zero-order valence-electron chi connectivity index (χ0n) is 16.1. The summed E-state index contributed by atoms with van der Waals surface area (Å²) in [5.74, 6) is -1.55. The van der Waals surface area contributed by atoms with Crippen LogP contribution in [0.25, 0.3) is 10.9 Å². The molecule has 7 nitrogen and oxygen atoms in total. The molecule has 7 heteroatoms. The minimum Gasteiger partial charge on any atom is -0.463 e. The second-order valence-corrected chi connectivity index (χ2v) is 7.59. The SMILES string of the molecule is COC(=O)C(=O)c1cn2c3c(cccc13)CCN(C(=O)OC(C)(C)C)CC2. The number of ketones is 1. The fraction of sp³-hybridized carbons (Fsp3) is 0.450. The van der Waals surface area contributed by atoms with Crippen LogP contribution in [0, 0.1) is 0 Å². The number of hydrogen-bond donors (Lipinski definition) is 0. The maximum absolute atomic E-state index is 12.5. The summed E-state index contributed by atoms with van der Waals surface area (Å²) < 4.78 is 12.0. The Kier molecular flexibility index (Phi) is 4.95. The highest BCUT2D eigenvalue weighted by molar-refractivity contribution is 6.43. The average Bonchev–Trinajstić information content (AvgIpc) is 2.96. The number of nitrogens with zero attached hydrogens (tertiary/aromatic N) is 2. The number of esters is 1. The van der Waals surface area contributed by atoms with Crippen LogP contribution in [0.1, 0.15) is 36.7 Å². The van der Waals surface area contributed by atoms with Gasteiger partial charge in [-0.3, -0.25) is 4.79 Å². The van der Waals surface area contributed by atoms with Crippen molar-refractivity contribution in [2.45, 2.75) is 39.3 Å². The van der Waals surface area contributed by atoms with Crippen LogP contribution in [0.5, 0.6) is 0 Å². The molecule has 0 unspecified atom stereocenters. The molecule has 1 aromatic carbocycles. The summed E-state index contributed by atoms with van der Waals surface area (Å²) in [5.41, 5.74) is 1.71. The summed E-state index contributed by atoms with van der Waals surface area (Å²) in [6.45, 7) is 7.00. The van der Waals surface area contributed by atoms with Crippen molar-refractivity contribution in [3.63, 3.8) is 0 Å². The Balaban J connectivity index is 1.95. The van der Waals surface area contributed by atoms with E-state index in [2.05, 4.69) is 4.74 Å². The number of rotatable bonds is 2. The minimum absolute atomic E-state index is 0.324. The minimum atomic E-state index is -0.885. The van der Waals surface area contributed by atoms with Gasteiger partial charge in [0.15, 0.2) is 0 Å². The first-order chi connectivity index (χ1) is 12.7. The number of carbonyl (C=O) groups excluding carboxylic acids is 3. The molecule has 144 valence electrons. The number of carbonyl (C=O) groups is 3. The molecule has 1 aromatic heterocycles. The molecule has 0 spiro atoms. The average molecular weight is 372 g/mol. The highest BCUT2D eigenvalue weighted by atomic mass is 16.6. The second kappa shape index (κ2) is 7.06. The fourth-order valence-corrected chi connectivity index (χ4v) is 3.30. The molecule has 0 atom stereocenters. The van der Waals surface area contributed by atoms with Crippen LogP contribution in [0.15, 0.2) is 24.4 Å². The van der Waals surface area contributed by atoms with E-state index >= 15 is 0 Å². The Morgan fingerprint density at radius 3 is 2.48 bits per heavy atom. The number of ether oxygens (including phenoxy) is 2. The van der Waals surface area contributed by atoms with Crippen LogP contribution < -0.4 is 0 Å². The van der Waals surface area contributed by atoms with Crippen LogP contribution in [0.4, 0.5) is 4.79 Å². The van der Waals surface area contributed by atoms with Gasteiger partial charge in [-0.15, -0.1) is 0 Å². The summed E-state index contributed by atoms with van der Waals surface area (Å²) in [5, 5.41) is 0.730. The molecule has 27 heavy (non-hydrogen) atoms. The number of Topliss-reactive ketones (excluding diaryl/α,β-unsaturated/α-hetero) is 1. The van der Waals surface area contributed by atoms with Crippen molar-refractivity contribution in [3.05, 3.63) is 35.5 Å². The number of para-hydroxylation sites is 1. The van der Waals surface area contributed by atoms with Gasteiger partial charge < -0.3 is 18.9 Å². The Bertz CT molecular complexity index is 907. The first kappa shape index (κ1) is 18.9. The Morgan fingerprint density at radius 1 is 1.07 bits per heavy atom. The van der Waals surface area contributed by atoms with Crippen molar-refractivity contribution in [1.29, 1.82) is 0 Å². The normalized spacial score (nSPS) is 14.4. The van der Waals surface area contributed by atoms with E-state index in [1.165, 1.54) is 7.11 Å². The van der Waals surface area contributed by atoms with Gasteiger partial charge in [0.2, 0.25) is 0 Å². The summed E-state index contributed by atoms with van der Waals surface area (Å²) in [7, 11) is 1.19. The molecule has 1 aliphatic heterocycles. The van der Waals surface area contributed by atoms with Crippen molar-refractivity contribution in [1.82, 2.24) is 9.47 Å². The smallest absolute Gasteiger partial charge is 0.410 e. The van der Waals surface area contributed by atoms with Crippen LogP contribution in [-0.4, -0.2) is 53.1 Å². The molecule has 0 saturated heterocycles. The topological polar surface area (TPSA) is 77.8 Å². The van der Waals surface area contributed by atoms with Gasteiger partial charge in [0.05, 0.1) is 18.2 Å². The molecule has 3 rings (SSSR count). The number of amides is 1. The molecule has 0 N–H and O–H groups in total. The van der Waals surface area contributed by atoms with E-state index in [0.29, 0.717) is 31.6 Å². The van der Waals surface area contributed by atoms with Gasteiger partial charge >= 0.3 is 12.1 Å². The highest BCUT2D eigenvalue weighted by Crippen LogP contribution is 2.27. The van der Waals surface area contributed by atoms with E-state index in [1.807, 2.05) is 43.5 Å². The molecule has 0 saturated carbocycles. The Morgan fingerprint density at radius 2 is 1.81 bits per heavy atom. The number of methoxy groups -OCH3 is 1. The Hall–Kier alpha value is -2.83. The van der Waals surface area contributed by atoms with Gasteiger partial charge in [0, 0.05) is 31.2 Å².